The normalized spacial score (nSPS) is 15.3. The number of carbonyl (C=O) groups excluding carboxylic acids is 1. The SMILES string of the molecule is COCc1cccc(C(=O)NCc2ccccc2S(=O)(=O)N2CCOCC2)c1. The molecule has 3 rings (SSSR count). The van der Waals surface area contributed by atoms with Gasteiger partial charge in [0.25, 0.3) is 5.91 Å². The monoisotopic (exact) mass is 404 g/mol. The molecule has 0 aromatic heterocycles. The molecule has 0 spiro atoms. The molecule has 1 aliphatic heterocycles. The quantitative estimate of drug-likeness (QED) is 0.760. The lowest BCUT2D eigenvalue weighted by molar-refractivity contribution is 0.0730. The summed E-state index contributed by atoms with van der Waals surface area (Å²) in [4.78, 5) is 12.7. The first-order chi connectivity index (χ1) is 13.5. The number of amides is 1. The predicted molar refractivity (Wildman–Crippen MR) is 104 cm³/mol. The van der Waals surface area contributed by atoms with E-state index in [2.05, 4.69) is 5.32 Å². The Morgan fingerprint density at radius 3 is 2.64 bits per heavy atom. The Bertz CT molecular complexity index is 924. The van der Waals surface area contributed by atoms with E-state index in [4.69, 9.17) is 9.47 Å². The highest BCUT2D eigenvalue weighted by atomic mass is 32.2. The van der Waals surface area contributed by atoms with Gasteiger partial charge < -0.3 is 14.8 Å². The van der Waals surface area contributed by atoms with Crippen molar-refractivity contribution in [3.8, 4) is 0 Å². The minimum atomic E-state index is -3.63. The number of carbonyl (C=O) groups is 1. The van der Waals surface area contributed by atoms with Gasteiger partial charge in [0.05, 0.1) is 24.7 Å². The largest absolute Gasteiger partial charge is 0.380 e. The van der Waals surface area contributed by atoms with E-state index in [-0.39, 0.29) is 17.3 Å². The van der Waals surface area contributed by atoms with Gasteiger partial charge in [-0.15, -0.1) is 0 Å². The first-order valence-corrected chi connectivity index (χ1v) is 10.5. The van der Waals surface area contributed by atoms with Crippen LogP contribution in [-0.4, -0.2) is 52.0 Å². The van der Waals surface area contributed by atoms with Crippen LogP contribution in [-0.2, 0) is 32.6 Å². The van der Waals surface area contributed by atoms with E-state index >= 15 is 0 Å². The minimum absolute atomic E-state index is 0.118. The van der Waals surface area contributed by atoms with Gasteiger partial charge in [0, 0.05) is 32.3 Å². The number of sulfonamides is 1. The molecule has 2 aromatic carbocycles. The zero-order valence-corrected chi connectivity index (χ0v) is 16.6. The molecule has 1 amide bonds. The molecule has 1 fully saturated rings. The van der Waals surface area contributed by atoms with E-state index in [1.165, 1.54) is 4.31 Å². The topological polar surface area (TPSA) is 84.9 Å². The van der Waals surface area contributed by atoms with Crippen molar-refractivity contribution in [1.29, 1.82) is 0 Å². The van der Waals surface area contributed by atoms with Crippen LogP contribution < -0.4 is 5.32 Å². The molecular weight excluding hydrogens is 380 g/mol. The lowest BCUT2D eigenvalue weighted by Gasteiger charge is -2.27. The van der Waals surface area contributed by atoms with Gasteiger partial charge in [-0.05, 0) is 29.3 Å². The third kappa shape index (κ3) is 4.77. The van der Waals surface area contributed by atoms with Crippen molar-refractivity contribution in [2.24, 2.45) is 0 Å². The number of hydrogen-bond acceptors (Lipinski definition) is 5. The highest BCUT2D eigenvalue weighted by Crippen LogP contribution is 2.21. The van der Waals surface area contributed by atoms with Gasteiger partial charge in [0.2, 0.25) is 10.0 Å². The first-order valence-electron chi connectivity index (χ1n) is 9.04. The second-order valence-corrected chi connectivity index (χ2v) is 8.35. The highest BCUT2D eigenvalue weighted by molar-refractivity contribution is 7.89. The number of hydrogen-bond donors (Lipinski definition) is 1. The summed E-state index contributed by atoms with van der Waals surface area (Å²) >= 11 is 0. The van der Waals surface area contributed by atoms with Crippen LogP contribution in [0.25, 0.3) is 0 Å². The number of nitrogens with one attached hydrogen (secondary N) is 1. The van der Waals surface area contributed by atoms with Crippen molar-refractivity contribution in [3.63, 3.8) is 0 Å². The average molecular weight is 404 g/mol. The van der Waals surface area contributed by atoms with E-state index in [9.17, 15) is 13.2 Å². The Morgan fingerprint density at radius 1 is 1.14 bits per heavy atom. The third-order valence-electron chi connectivity index (χ3n) is 4.50. The van der Waals surface area contributed by atoms with Crippen LogP contribution in [0.3, 0.4) is 0 Å². The van der Waals surface area contributed by atoms with Gasteiger partial charge in [-0.2, -0.15) is 4.31 Å². The average Bonchev–Trinajstić information content (AvgIpc) is 2.73. The third-order valence-corrected chi connectivity index (χ3v) is 6.50. The maximum Gasteiger partial charge on any atom is 0.251 e. The molecule has 2 aromatic rings. The number of rotatable bonds is 7. The zero-order valence-electron chi connectivity index (χ0n) is 15.8. The summed E-state index contributed by atoms with van der Waals surface area (Å²) in [5.74, 6) is -0.267. The van der Waals surface area contributed by atoms with Gasteiger partial charge in [0.1, 0.15) is 0 Å². The fourth-order valence-electron chi connectivity index (χ4n) is 3.07. The van der Waals surface area contributed by atoms with Gasteiger partial charge in [-0.3, -0.25) is 4.79 Å². The molecule has 8 heteroatoms. The molecule has 28 heavy (non-hydrogen) atoms. The molecule has 0 bridgehead atoms. The molecule has 0 atom stereocenters. The molecule has 0 aliphatic carbocycles. The number of ether oxygens (including phenoxy) is 2. The summed E-state index contributed by atoms with van der Waals surface area (Å²) in [5.41, 5.74) is 1.95. The summed E-state index contributed by atoms with van der Waals surface area (Å²) in [6, 6.07) is 13.9. The van der Waals surface area contributed by atoms with Crippen molar-refractivity contribution >= 4 is 15.9 Å². The number of morpholine rings is 1. The van der Waals surface area contributed by atoms with Crippen molar-refractivity contribution in [2.45, 2.75) is 18.0 Å². The summed E-state index contributed by atoms with van der Waals surface area (Å²) in [6.45, 7) is 1.96. The van der Waals surface area contributed by atoms with E-state index in [1.807, 2.05) is 6.07 Å². The molecule has 1 aliphatic rings. The summed E-state index contributed by atoms with van der Waals surface area (Å²) in [6.07, 6.45) is 0. The Balaban J connectivity index is 1.75. The second kappa shape index (κ2) is 9.29. The molecular formula is C20H24N2O5S. The summed E-state index contributed by atoms with van der Waals surface area (Å²) in [5, 5.41) is 2.81. The van der Waals surface area contributed by atoms with Gasteiger partial charge in [0.15, 0.2) is 0 Å². The van der Waals surface area contributed by atoms with E-state index in [0.717, 1.165) is 5.56 Å². The second-order valence-electron chi connectivity index (χ2n) is 6.44. The smallest absolute Gasteiger partial charge is 0.251 e. The highest BCUT2D eigenvalue weighted by Gasteiger charge is 2.28. The summed E-state index contributed by atoms with van der Waals surface area (Å²) in [7, 11) is -2.04. The maximum absolute atomic E-state index is 13.0. The Labute approximate surface area is 165 Å². The van der Waals surface area contributed by atoms with Crippen LogP contribution in [0.5, 0.6) is 0 Å². The van der Waals surface area contributed by atoms with Crippen molar-refractivity contribution in [2.75, 3.05) is 33.4 Å². The number of benzene rings is 2. The van der Waals surface area contributed by atoms with E-state index in [1.54, 1.807) is 49.6 Å². The van der Waals surface area contributed by atoms with Crippen molar-refractivity contribution in [3.05, 3.63) is 65.2 Å². The lowest BCUT2D eigenvalue weighted by atomic mass is 10.1. The first kappa shape index (κ1) is 20.5. The standard InChI is InChI=1S/C20H24N2O5S/c1-26-15-16-5-4-7-17(13-16)20(23)21-14-18-6-2-3-8-19(18)28(24,25)22-9-11-27-12-10-22/h2-8,13H,9-12,14-15H2,1H3,(H,21,23). The fourth-order valence-corrected chi connectivity index (χ4v) is 4.70. The molecule has 0 saturated carbocycles. The van der Waals surface area contributed by atoms with Crippen LogP contribution in [0.2, 0.25) is 0 Å². The molecule has 1 N–H and O–H groups in total. The molecule has 7 nitrogen and oxygen atoms in total. The predicted octanol–water partition coefficient (Wildman–Crippen LogP) is 1.78. The number of nitrogens with zero attached hydrogens (tertiary/aromatic N) is 1. The van der Waals surface area contributed by atoms with Crippen molar-refractivity contribution < 1.29 is 22.7 Å². The molecule has 1 heterocycles. The zero-order chi connectivity index (χ0) is 20.0. The van der Waals surface area contributed by atoms with Gasteiger partial charge in [-0.25, -0.2) is 8.42 Å². The number of methoxy groups -OCH3 is 1. The summed E-state index contributed by atoms with van der Waals surface area (Å²) < 4.78 is 37.7. The maximum atomic E-state index is 13.0. The lowest BCUT2D eigenvalue weighted by Crippen LogP contribution is -2.41. The molecule has 150 valence electrons. The van der Waals surface area contributed by atoms with Crippen LogP contribution in [0.15, 0.2) is 53.4 Å². The van der Waals surface area contributed by atoms with Crippen LogP contribution >= 0.6 is 0 Å². The van der Waals surface area contributed by atoms with Gasteiger partial charge in [-0.1, -0.05) is 30.3 Å². The van der Waals surface area contributed by atoms with Crippen LogP contribution in [0, 0.1) is 0 Å². The molecule has 1 saturated heterocycles. The van der Waals surface area contributed by atoms with Crippen LogP contribution in [0.4, 0.5) is 0 Å². The Kier molecular flexibility index (Phi) is 6.79. The molecule has 0 unspecified atom stereocenters. The van der Waals surface area contributed by atoms with Gasteiger partial charge >= 0.3 is 0 Å². The Morgan fingerprint density at radius 2 is 1.89 bits per heavy atom. The Hall–Kier alpha value is -2.26. The minimum Gasteiger partial charge on any atom is -0.380 e. The van der Waals surface area contributed by atoms with Crippen molar-refractivity contribution in [1.82, 2.24) is 9.62 Å². The molecule has 0 radical (unpaired) electrons. The van der Waals surface area contributed by atoms with E-state index in [0.29, 0.717) is 44.0 Å². The van der Waals surface area contributed by atoms with Crippen LogP contribution in [0.1, 0.15) is 21.5 Å². The fraction of sp³-hybridized carbons (Fsp3) is 0.350. The van der Waals surface area contributed by atoms with E-state index < -0.39 is 10.0 Å².